The maximum atomic E-state index is 11.7. The lowest BCUT2D eigenvalue weighted by molar-refractivity contribution is -0.131. The molecule has 1 amide bonds. The minimum absolute atomic E-state index is 0.0767. The van der Waals surface area contributed by atoms with Crippen LogP contribution in [0.2, 0.25) is 0 Å². The predicted molar refractivity (Wildman–Crippen MR) is 93.2 cm³/mol. The molecular formula is C19H26N2O4. The molecule has 6 nitrogen and oxygen atoms in total. The van der Waals surface area contributed by atoms with Gasteiger partial charge in [-0.1, -0.05) is 12.1 Å². The van der Waals surface area contributed by atoms with E-state index in [9.17, 15) is 14.7 Å². The maximum absolute atomic E-state index is 11.7. The Morgan fingerprint density at radius 2 is 1.96 bits per heavy atom. The Hall–Kier alpha value is -1.92. The molecule has 0 saturated carbocycles. The van der Waals surface area contributed by atoms with Gasteiger partial charge >= 0.3 is 5.97 Å². The van der Waals surface area contributed by atoms with Crippen molar-refractivity contribution < 1.29 is 19.8 Å². The molecule has 2 aliphatic rings. The van der Waals surface area contributed by atoms with Crippen molar-refractivity contribution in [3.8, 4) is 0 Å². The standard InChI is InChI=1S/C19H26N2O4/c1-13(23)20-8-7-17-16(11-20)9-19(2,12-22)21(17)10-14-3-5-15(6-4-14)18(24)25/h3-6,16-17,22H,7-12H2,1-2H3,(H,24,25)/t16-,17-,19+/m0/s1. The van der Waals surface area contributed by atoms with Crippen LogP contribution in [0.15, 0.2) is 24.3 Å². The van der Waals surface area contributed by atoms with Gasteiger partial charge in [-0.15, -0.1) is 0 Å². The largest absolute Gasteiger partial charge is 0.478 e. The van der Waals surface area contributed by atoms with Crippen LogP contribution in [0.4, 0.5) is 0 Å². The zero-order valence-electron chi connectivity index (χ0n) is 14.8. The summed E-state index contributed by atoms with van der Waals surface area (Å²) < 4.78 is 0. The zero-order chi connectivity index (χ0) is 18.2. The van der Waals surface area contributed by atoms with Gasteiger partial charge in [0.15, 0.2) is 0 Å². The van der Waals surface area contributed by atoms with Crippen LogP contribution in [0, 0.1) is 5.92 Å². The number of benzene rings is 1. The number of carboxylic acid groups (broad SMARTS) is 1. The van der Waals surface area contributed by atoms with Gasteiger partial charge < -0.3 is 15.1 Å². The van der Waals surface area contributed by atoms with Crippen molar-refractivity contribution in [1.82, 2.24) is 9.80 Å². The molecule has 1 aromatic rings. The highest BCUT2D eigenvalue weighted by atomic mass is 16.4. The average molecular weight is 346 g/mol. The Kier molecular flexibility index (Phi) is 4.84. The molecule has 6 heteroatoms. The van der Waals surface area contributed by atoms with E-state index < -0.39 is 5.97 Å². The summed E-state index contributed by atoms with van der Waals surface area (Å²) in [5.41, 5.74) is 1.01. The number of aliphatic hydroxyl groups is 1. The SMILES string of the molecule is CC(=O)N1CC[C@H]2[C@H](C1)C[C@](C)(CO)N2Cc1ccc(C(=O)O)cc1. The lowest BCUT2D eigenvalue weighted by atomic mass is 9.89. The second-order valence-corrected chi connectivity index (χ2v) is 7.57. The van der Waals surface area contributed by atoms with E-state index in [0.29, 0.717) is 18.5 Å². The minimum Gasteiger partial charge on any atom is -0.478 e. The fraction of sp³-hybridized carbons (Fsp3) is 0.579. The Morgan fingerprint density at radius 3 is 2.52 bits per heavy atom. The van der Waals surface area contributed by atoms with E-state index in [0.717, 1.165) is 31.5 Å². The Morgan fingerprint density at radius 1 is 1.28 bits per heavy atom. The van der Waals surface area contributed by atoms with Crippen LogP contribution in [0.25, 0.3) is 0 Å². The first kappa shape index (κ1) is 17.9. The van der Waals surface area contributed by atoms with E-state index in [4.69, 9.17) is 5.11 Å². The molecule has 2 heterocycles. The fourth-order valence-corrected chi connectivity index (χ4v) is 4.41. The van der Waals surface area contributed by atoms with Crippen LogP contribution in [-0.2, 0) is 11.3 Å². The van der Waals surface area contributed by atoms with E-state index in [1.54, 1.807) is 19.1 Å². The number of nitrogens with zero attached hydrogens (tertiary/aromatic N) is 2. The molecule has 2 aliphatic heterocycles. The third-order valence-corrected chi connectivity index (χ3v) is 5.83. The van der Waals surface area contributed by atoms with Gasteiger partial charge in [-0.3, -0.25) is 9.69 Å². The third kappa shape index (κ3) is 3.41. The van der Waals surface area contributed by atoms with E-state index in [-0.39, 0.29) is 23.6 Å². The molecule has 1 aromatic carbocycles. The van der Waals surface area contributed by atoms with E-state index in [1.807, 2.05) is 17.0 Å². The van der Waals surface area contributed by atoms with Crippen LogP contribution in [0.3, 0.4) is 0 Å². The Balaban J connectivity index is 1.79. The van der Waals surface area contributed by atoms with Gasteiger partial charge in [-0.25, -0.2) is 4.79 Å². The molecular weight excluding hydrogens is 320 g/mol. The van der Waals surface area contributed by atoms with Gasteiger partial charge in [0.2, 0.25) is 5.91 Å². The van der Waals surface area contributed by atoms with Crippen molar-refractivity contribution >= 4 is 11.9 Å². The summed E-state index contributed by atoms with van der Waals surface area (Å²) in [4.78, 5) is 27.0. The predicted octanol–water partition coefficient (Wildman–Crippen LogP) is 1.58. The summed E-state index contributed by atoms with van der Waals surface area (Å²) in [5, 5.41) is 19.0. The third-order valence-electron chi connectivity index (χ3n) is 5.83. The number of carboxylic acids is 1. The molecule has 2 fully saturated rings. The molecule has 3 rings (SSSR count). The quantitative estimate of drug-likeness (QED) is 0.865. The molecule has 0 unspecified atom stereocenters. The van der Waals surface area contributed by atoms with Crippen molar-refractivity contribution in [1.29, 1.82) is 0 Å². The summed E-state index contributed by atoms with van der Waals surface area (Å²) in [5.74, 6) is -0.440. The van der Waals surface area contributed by atoms with Crippen molar-refractivity contribution in [3.05, 3.63) is 35.4 Å². The molecule has 2 N–H and O–H groups in total. The number of hydrogen-bond acceptors (Lipinski definition) is 4. The lowest BCUT2D eigenvalue weighted by Gasteiger charge is -2.40. The average Bonchev–Trinajstić information content (AvgIpc) is 2.87. The second kappa shape index (κ2) is 6.77. The molecule has 0 radical (unpaired) electrons. The molecule has 0 bridgehead atoms. The highest BCUT2D eigenvalue weighted by Gasteiger charge is 2.50. The maximum Gasteiger partial charge on any atom is 0.335 e. The second-order valence-electron chi connectivity index (χ2n) is 7.57. The highest BCUT2D eigenvalue weighted by molar-refractivity contribution is 5.87. The van der Waals surface area contributed by atoms with E-state index in [2.05, 4.69) is 11.8 Å². The molecule has 0 aliphatic carbocycles. The monoisotopic (exact) mass is 346 g/mol. The number of fused-ring (bicyclic) bond motifs is 1. The van der Waals surface area contributed by atoms with Gasteiger partial charge in [0.1, 0.15) is 0 Å². The summed E-state index contributed by atoms with van der Waals surface area (Å²) in [6.07, 6.45) is 1.78. The first-order chi connectivity index (χ1) is 11.8. The normalized spacial score (nSPS) is 29.5. The van der Waals surface area contributed by atoms with Crippen LogP contribution >= 0.6 is 0 Å². The van der Waals surface area contributed by atoms with Crippen molar-refractivity contribution in [2.45, 2.75) is 44.8 Å². The molecule has 0 aromatic heterocycles. The smallest absolute Gasteiger partial charge is 0.335 e. The number of aromatic carboxylic acids is 1. The summed E-state index contributed by atoms with van der Waals surface area (Å²) in [7, 11) is 0. The first-order valence-electron chi connectivity index (χ1n) is 8.79. The fourth-order valence-electron chi connectivity index (χ4n) is 4.41. The molecule has 136 valence electrons. The number of amides is 1. The van der Waals surface area contributed by atoms with Crippen molar-refractivity contribution in [2.24, 2.45) is 5.92 Å². The summed E-state index contributed by atoms with van der Waals surface area (Å²) >= 11 is 0. The number of piperidine rings is 1. The number of aliphatic hydroxyl groups excluding tert-OH is 1. The Bertz CT molecular complexity index is 660. The first-order valence-corrected chi connectivity index (χ1v) is 8.79. The molecule has 3 atom stereocenters. The topological polar surface area (TPSA) is 81.1 Å². The van der Waals surface area contributed by atoms with Crippen molar-refractivity contribution in [3.63, 3.8) is 0 Å². The van der Waals surface area contributed by atoms with Crippen LogP contribution in [-0.4, -0.2) is 63.2 Å². The van der Waals surface area contributed by atoms with Gasteiger partial charge in [-0.2, -0.15) is 0 Å². The summed E-state index contributed by atoms with van der Waals surface area (Å²) in [6, 6.07) is 7.28. The summed E-state index contributed by atoms with van der Waals surface area (Å²) in [6.45, 7) is 5.96. The number of rotatable bonds is 4. The Labute approximate surface area is 148 Å². The number of likely N-dealkylation sites (tertiary alicyclic amines) is 2. The van der Waals surface area contributed by atoms with Gasteiger partial charge in [0.25, 0.3) is 0 Å². The number of carbonyl (C=O) groups excluding carboxylic acids is 1. The number of hydrogen-bond donors (Lipinski definition) is 2. The number of carbonyl (C=O) groups is 2. The minimum atomic E-state index is -0.926. The van der Waals surface area contributed by atoms with Gasteiger partial charge in [0, 0.05) is 38.1 Å². The van der Waals surface area contributed by atoms with Crippen LogP contribution < -0.4 is 0 Å². The molecule has 2 saturated heterocycles. The highest BCUT2D eigenvalue weighted by Crippen LogP contribution is 2.42. The van der Waals surface area contributed by atoms with Crippen LogP contribution in [0.5, 0.6) is 0 Å². The zero-order valence-corrected chi connectivity index (χ0v) is 14.8. The lowest BCUT2D eigenvalue weighted by Crippen LogP contribution is -2.51. The van der Waals surface area contributed by atoms with Gasteiger partial charge in [0.05, 0.1) is 12.2 Å². The van der Waals surface area contributed by atoms with Gasteiger partial charge in [-0.05, 0) is 43.4 Å². The molecule has 0 spiro atoms. The van der Waals surface area contributed by atoms with Crippen molar-refractivity contribution in [2.75, 3.05) is 19.7 Å². The molecule has 25 heavy (non-hydrogen) atoms. The van der Waals surface area contributed by atoms with E-state index in [1.165, 1.54) is 0 Å². The van der Waals surface area contributed by atoms with Crippen LogP contribution in [0.1, 0.15) is 42.6 Å². The van der Waals surface area contributed by atoms with E-state index >= 15 is 0 Å².